The molecule has 9 heteroatoms. The molecule has 0 aliphatic carbocycles. The molecule has 3 aromatic rings. The number of rotatable bonds is 8. The first-order valence-electron chi connectivity index (χ1n) is 12.1. The van der Waals surface area contributed by atoms with Gasteiger partial charge in [0.25, 0.3) is 0 Å². The van der Waals surface area contributed by atoms with Crippen LogP contribution in [-0.4, -0.2) is 23.8 Å². The van der Waals surface area contributed by atoms with Crippen molar-refractivity contribution in [2.75, 3.05) is 6.61 Å². The molecule has 0 saturated carbocycles. The van der Waals surface area contributed by atoms with E-state index < -0.39 is 47.0 Å². The smallest absolute Gasteiger partial charge is 0.423 e. The first-order chi connectivity index (χ1) is 18.2. The Labute approximate surface area is 218 Å². The Kier molecular flexibility index (Phi) is 8.35. The standard InChI is InChI=1S/C29H26F3NO5/c1-18(34)23-12-13-24(26(27(23)35)29(30,31)32)37-17-19-8-10-21(11-9-19)28(38-25-7-2-3-14-36-25)22-6-4-5-20(15-22)16-33/h4-6,8-13,15,25,28,35H,2-3,7,14,17H2,1H3. The molecule has 4 rings (SSSR count). The molecule has 1 aliphatic rings. The Morgan fingerprint density at radius 3 is 2.53 bits per heavy atom. The summed E-state index contributed by atoms with van der Waals surface area (Å²) in [5.74, 6) is -2.42. The van der Waals surface area contributed by atoms with Gasteiger partial charge in [0, 0.05) is 6.61 Å². The number of nitriles is 1. The molecule has 198 valence electrons. The predicted molar refractivity (Wildman–Crippen MR) is 132 cm³/mol. The first-order valence-corrected chi connectivity index (χ1v) is 12.1. The SMILES string of the molecule is CC(=O)c1ccc(OCc2ccc(C(OC3CCCCO3)c3cccc(C#N)c3)cc2)c(C(F)(F)F)c1O. The number of benzene rings is 3. The zero-order valence-electron chi connectivity index (χ0n) is 20.6. The van der Waals surface area contributed by atoms with E-state index in [1.54, 1.807) is 42.5 Å². The minimum atomic E-state index is -4.92. The van der Waals surface area contributed by atoms with Crippen LogP contribution in [0.1, 0.15) is 70.5 Å². The van der Waals surface area contributed by atoms with Gasteiger partial charge in [-0.15, -0.1) is 0 Å². The molecule has 0 bridgehead atoms. The number of carbonyl (C=O) groups excluding carboxylic acids is 1. The number of ether oxygens (including phenoxy) is 3. The molecule has 0 aromatic heterocycles. The van der Waals surface area contributed by atoms with E-state index >= 15 is 0 Å². The van der Waals surface area contributed by atoms with Gasteiger partial charge in [-0.25, -0.2) is 0 Å². The molecule has 1 saturated heterocycles. The van der Waals surface area contributed by atoms with Crippen LogP contribution in [-0.2, 0) is 22.3 Å². The van der Waals surface area contributed by atoms with Crippen LogP contribution in [0.5, 0.6) is 11.5 Å². The van der Waals surface area contributed by atoms with Gasteiger partial charge < -0.3 is 19.3 Å². The molecule has 0 amide bonds. The number of halogens is 3. The lowest BCUT2D eigenvalue weighted by molar-refractivity contribution is -0.181. The molecule has 3 aromatic carbocycles. The van der Waals surface area contributed by atoms with Crippen molar-refractivity contribution < 1.29 is 37.3 Å². The highest BCUT2D eigenvalue weighted by molar-refractivity contribution is 5.97. The topological polar surface area (TPSA) is 88.8 Å². The molecule has 1 fully saturated rings. The molecular formula is C29H26F3NO5. The number of phenols is 1. The van der Waals surface area contributed by atoms with Crippen LogP contribution in [0.3, 0.4) is 0 Å². The number of ketones is 1. The van der Waals surface area contributed by atoms with Crippen LogP contribution in [0.15, 0.2) is 60.7 Å². The van der Waals surface area contributed by atoms with E-state index in [4.69, 9.17) is 14.2 Å². The number of Topliss-reactive ketones (excluding diaryl/α,β-unsaturated/α-hetero) is 1. The van der Waals surface area contributed by atoms with Crippen molar-refractivity contribution in [3.8, 4) is 17.6 Å². The van der Waals surface area contributed by atoms with E-state index in [1.807, 2.05) is 6.07 Å². The Morgan fingerprint density at radius 1 is 1.13 bits per heavy atom. The van der Waals surface area contributed by atoms with Gasteiger partial charge in [0.05, 0.1) is 17.2 Å². The summed E-state index contributed by atoms with van der Waals surface area (Å²) in [5, 5.41) is 19.4. The second kappa shape index (κ2) is 11.7. The molecule has 38 heavy (non-hydrogen) atoms. The van der Waals surface area contributed by atoms with Crippen LogP contribution in [0.2, 0.25) is 0 Å². The van der Waals surface area contributed by atoms with Gasteiger partial charge in [-0.1, -0.05) is 36.4 Å². The van der Waals surface area contributed by atoms with Gasteiger partial charge in [0.1, 0.15) is 29.8 Å². The molecule has 1 aliphatic heterocycles. The molecule has 0 radical (unpaired) electrons. The van der Waals surface area contributed by atoms with E-state index in [-0.39, 0.29) is 6.61 Å². The zero-order chi connectivity index (χ0) is 27.3. The van der Waals surface area contributed by atoms with Crippen LogP contribution in [0.25, 0.3) is 0 Å². The lowest BCUT2D eigenvalue weighted by atomic mass is 9.98. The Hall–Kier alpha value is -3.87. The average molecular weight is 526 g/mol. The Morgan fingerprint density at radius 2 is 1.89 bits per heavy atom. The van der Waals surface area contributed by atoms with E-state index in [9.17, 15) is 28.3 Å². The van der Waals surface area contributed by atoms with Crippen LogP contribution >= 0.6 is 0 Å². The third-order valence-corrected chi connectivity index (χ3v) is 6.22. The highest BCUT2D eigenvalue weighted by Gasteiger charge is 2.39. The highest BCUT2D eigenvalue weighted by Crippen LogP contribution is 2.44. The number of phenolic OH excluding ortho intramolecular Hbond substituents is 1. The summed E-state index contributed by atoms with van der Waals surface area (Å²) >= 11 is 0. The largest absolute Gasteiger partial charge is 0.506 e. The van der Waals surface area contributed by atoms with Gasteiger partial charge in [-0.2, -0.15) is 18.4 Å². The Bertz CT molecular complexity index is 1330. The predicted octanol–water partition coefficient (Wildman–Crippen LogP) is 6.70. The van der Waals surface area contributed by atoms with Crippen LogP contribution in [0, 0.1) is 11.3 Å². The average Bonchev–Trinajstić information content (AvgIpc) is 2.90. The molecule has 0 spiro atoms. The van der Waals surface area contributed by atoms with E-state index in [0.717, 1.165) is 49.4 Å². The van der Waals surface area contributed by atoms with Gasteiger partial charge in [-0.05, 0) is 67.1 Å². The van der Waals surface area contributed by atoms with Crippen molar-refractivity contribution in [3.63, 3.8) is 0 Å². The van der Waals surface area contributed by atoms with E-state index in [2.05, 4.69) is 6.07 Å². The second-order valence-electron chi connectivity index (χ2n) is 8.97. The van der Waals surface area contributed by atoms with E-state index in [0.29, 0.717) is 17.7 Å². The summed E-state index contributed by atoms with van der Waals surface area (Å²) in [6, 6.07) is 18.3. The lowest BCUT2D eigenvalue weighted by Gasteiger charge is -2.28. The number of aromatic hydroxyl groups is 1. The Balaban J connectivity index is 1.56. The minimum absolute atomic E-state index is 0.205. The summed E-state index contributed by atoms with van der Waals surface area (Å²) in [6.45, 7) is 1.48. The summed E-state index contributed by atoms with van der Waals surface area (Å²) in [6.07, 6.45) is -3.14. The van der Waals surface area contributed by atoms with Crippen molar-refractivity contribution >= 4 is 5.78 Å². The minimum Gasteiger partial charge on any atom is -0.506 e. The molecule has 2 unspecified atom stereocenters. The maximum atomic E-state index is 13.6. The second-order valence-corrected chi connectivity index (χ2v) is 8.97. The van der Waals surface area contributed by atoms with Gasteiger partial charge >= 0.3 is 6.18 Å². The van der Waals surface area contributed by atoms with Crippen molar-refractivity contribution in [2.45, 2.75) is 51.4 Å². The van der Waals surface area contributed by atoms with Gasteiger partial charge in [0.2, 0.25) is 0 Å². The molecular weight excluding hydrogens is 499 g/mol. The normalized spacial score (nSPS) is 16.4. The van der Waals surface area contributed by atoms with Crippen molar-refractivity contribution in [2.24, 2.45) is 0 Å². The maximum Gasteiger partial charge on any atom is 0.423 e. The fraction of sp³-hybridized carbons (Fsp3) is 0.310. The molecule has 1 heterocycles. The highest BCUT2D eigenvalue weighted by atomic mass is 19.4. The van der Waals surface area contributed by atoms with Crippen LogP contribution < -0.4 is 4.74 Å². The molecule has 2 atom stereocenters. The molecule has 6 nitrogen and oxygen atoms in total. The number of nitrogens with zero attached hydrogens (tertiary/aromatic N) is 1. The zero-order valence-corrected chi connectivity index (χ0v) is 20.6. The quantitative estimate of drug-likeness (QED) is 0.330. The third-order valence-electron chi connectivity index (χ3n) is 6.22. The number of hydrogen-bond donors (Lipinski definition) is 1. The maximum absolute atomic E-state index is 13.6. The van der Waals surface area contributed by atoms with Crippen molar-refractivity contribution in [1.82, 2.24) is 0 Å². The van der Waals surface area contributed by atoms with E-state index in [1.165, 1.54) is 0 Å². The first kappa shape index (κ1) is 27.2. The van der Waals surface area contributed by atoms with Gasteiger partial charge in [-0.3, -0.25) is 4.79 Å². The third kappa shape index (κ3) is 6.33. The van der Waals surface area contributed by atoms with Crippen molar-refractivity contribution in [1.29, 1.82) is 5.26 Å². The number of alkyl halides is 3. The van der Waals surface area contributed by atoms with Crippen molar-refractivity contribution in [3.05, 3.63) is 94.0 Å². The summed E-state index contributed by atoms with van der Waals surface area (Å²) in [7, 11) is 0. The summed E-state index contributed by atoms with van der Waals surface area (Å²) in [5.41, 5.74) is 0.804. The number of carbonyl (C=O) groups is 1. The number of hydrogen-bond acceptors (Lipinski definition) is 6. The lowest BCUT2D eigenvalue weighted by Crippen LogP contribution is -2.25. The fourth-order valence-electron chi connectivity index (χ4n) is 4.29. The fourth-order valence-corrected chi connectivity index (χ4v) is 4.29. The monoisotopic (exact) mass is 525 g/mol. The van der Waals surface area contributed by atoms with Crippen LogP contribution in [0.4, 0.5) is 13.2 Å². The molecule has 1 N–H and O–H groups in total. The summed E-state index contributed by atoms with van der Waals surface area (Å²) < 4.78 is 58.4. The van der Waals surface area contributed by atoms with Gasteiger partial charge in [0.15, 0.2) is 12.1 Å². The summed E-state index contributed by atoms with van der Waals surface area (Å²) in [4.78, 5) is 11.6.